The fourth-order valence-corrected chi connectivity index (χ4v) is 1.71. The van der Waals surface area contributed by atoms with Crippen LogP contribution in [0.1, 0.15) is 19.4 Å². The van der Waals surface area contributed by atoms with Crippen LogP contribution < -0.4 is 10.6 Å². The lowest BCUT2D eigenvalue weighted by molar-refractivity contribution is 0.866. The zero-order valence-corrected chi connectivity index (χ0v) is 11.3. The number of benzene rings is 1. The summed E-state index contributed by atoms with van der Waals surface area (Å²) >= 11 is 0. The third-order valence-electron chi connectivity index (χ3n) is 2.54. The lowest BCUT2D eigenvalue weighted by Gasteiger charge is -2.09. The predicted octanol–water partition coefficient (Wildman–Crippen LogP) is 2.35. The van der Waals surface area contributed by atoms with Crippen LogP contribution in [0.3, 0.4) is 0 Å². The summed E-state index contributed by atoms with van der Waals surface area (Å²) in [5.41, 5.74) is 1.29. The number of hydrogen-bond donors (Lipinski definition) is 2. The molecule has 1 heterocycles. The highest BCUT2D eigenvalue weighted by molar-refractivity contribution is 5.37. The lowest BCUT2D eigenvalue weighted by Crippen LogP contribution is -2.14. The molecule has 0 saturated heterocycles. The van der Waals surface area contributed by atoms with Crippen molar-refractivity contribution in [3.8, 4) is 0 Å². The Morgan fingerprint density at radius 3 is 2.68 bits per heavy atom. The summed E-state index contributed by atoms with van der Waals surface area (Å²) in [4.78, 5) is 4.35. The summed E-state index contributed by atoms with van der Waals surface area (Å²) in [6, 6.07) is 10.6. The van der Waals surface area contributed by atoms with Gasteiger partial charge in [0, 0.05) is 12.6 Å². The van der Waals surface area contributed by atoms with Gasteiger partial charge in [-0.1, -0.05) is 30.3 Å². The van der Waals surface area contributed by atoms with E-state index in [1.165, 1.54) is 5.56 Å². The van der Waals surface area contributed by atoms with E-state index < -0.39 is 0 Å². The zero-order chi connectivity index (χ0) is 13.5. The molecule has 2 aromatic rings. The SMILES string of the molecule is CC(C)Nc1cnnc(NCCc2ccccc2)n1. The maximum absolute atomic E-state index is 4.35. The second kappa shape index (κ2) is 6.68. The molecular weight excluding hydrogens is 238 g/mol. The van der Waals surface area contributed by atoms with E-state index in [-0.39, 0.29) is 0 Å². The topological polar surface area (TPSA) is 62.7 Å². The van der Waals surface area contributed by atoms with Crippen molar-refractivity contribution in [2.45, 2.75) is 26.3 Å². The molecule has 100 valence electrons. The number of anilines is 2. The number of nitrogens with zero attached hydrogens (tertiary/aromatic N) is 3. The van der Waals surface area contributed by atoms with Gasteiger partial charge in [0.15, 0.2) is 5.82 Å². The van der Waals surface area contributed by atoms with Crippen molar-refractivity contribution >= 4 is 11.8 Å². The molecule has 2 N–H and O–H groups in total. The number of rotatable bonds is 6. The molecule has 0 atom stereocenters. The van der Waals surface area contributed by atoms with Crippen LogP contribution in [0, 0.1) is 0 Å². The van der Waals surface area contributed by atoms with E-state index in [9.17, 15) is 0 Å². The molecule has 0 radical (unpaired) electrons. The van der Waals surface area contributed by atoms with E-state index in [1.54, 1.807) is 6.20 Å². The van der Waals surface area contributed by atoms with Crippen molar-refractivity contribution in [1.29, 1.82) is 0 Å². The molecule has 2 rings (SSSR count). The third kappa shape index (κ3) is 4.54. The maximum Gasteiger partial charge on any atom is 0.244 e. The largest absolute Gasteiger partial charge is 0.366 e. The van der Waals surface area contributed by atoms with Crippen molar-refractivity contribution in [1.82, 2.24) is 15.2 Å². The highest BCUT2D eigenvalue weighted by Gasteiger charge is 2.01. The smallest absolute Gasteiger partial charge is 0.244 e. The van der Waals surface area contributed by atoms with Gasteiger partial charge in [0.2, 0.25) is 5.95 Å². The van der Waals surface area contributed by atoms with Crippen LogP contribution in [0.5, 0.6) is 0 Å². The Hall–Kier alpha value is -2.17. The minimum absolute atomic E-state index is 0.328. The summed E-state index contributed by atoms with van der Waals surface area (Å²) in [6.07, 6.45) is 2.56. The van der Waals surface area contributed by atoms with Crippen molar-refractivity contribution in [2.75, 3.05) is 17.2 Å². The molecule has 0 amide bonds. The molecule has 0 aliphatic carbocycles. The van der Waals surface area contributed by atoms with Crippen LogP contribution in [0.4, 0.5) is 11.8 Å². The van der Waals surface area contributed by atoms with Gasteiger partial charge in [-0.25, -0.2) is 0 Å². The molecule has 5 heteroatoms. The van der Waals surface area contributed by atoms with Gasteiger partial charge in [0.1, 0.15) is 0 Å². The molecule has 0 spiro atoms. The Balaban J connectivity index is 1.86. The van der Waals surface area contributed by atoms with Gasteiger partial charge < -0.3 is 10.6 Å². The summed E-state index contributed by atoms with van der Waals surface area (Å²) in [7, 11) is 0. The average Bonchev–Trinajstić information content (AvgIpc) is 2.40. The van der Waals surface area contributed by atoms with E-state index in [0.717, 1.165) is 18.8 Å². The molecule has 19 heavy (non-hydrogen) atoms. The molecule has 0 bridgehead atoms. The summed E-state index contributed by atoms with van der Waals surface area (Å²) < 4.78 is 0. The van der Waals surface area contributed by atoms with Gasteiger partial charge in [-0.2, -0.15) is 10.1 Å². The highest BCUT2D eigenvalue weighted by Crippen LogP contribution is 2.05. The van der Waals surface area contributed by atoms with Gasteiger partial charge in [0.25, 0.3) is 0 Å². The average molecular weight is 257 g/mol. The van der Waals surface area contributed by atoms with Crippen LogP contribution in [0.15, 0.2) is 36.5 Å². The normalized spacial score (nSPS) is 10.5. The Kier molecular flexibility index (Phi) is 4.66. The van der Waals surface area contributed by atoms with Crippen LogP contribution in [0.25, 0.3) is 0 Å². The zero-order valence-electron chi connectivity index (χ0n) is 11.3. The first-order valence-electron chi connectivity index (χ1n) is 6.48. The monoisotopic (exact) mass is 257 g/mol. The quantitative estimate of drug-likeness (QED) is 0.831. The number of aromatic nitrogens is 3. The van der Waals surface area contributed by atoms with Gasteiger partial charge >= 0.3 is 0 Å². The third-order valence-corrected chi connectivity index (χ3v) is 2.54. The highest BCUT2D eigenvalue weighted by atomic mass is 15.3. The summed E-state index contributed by atoms with van der Waals surface area (Å²) in [5, 5.41) is 14.3. The Morgan fingerprint density at radius 1 is 1.16 bits per heavy atom. The standard InChI is InChI=1S/C14H19N5/c1-11(2)17-13-10-16-19-14(18-13)15-9-8-12-6-4-3-5-7-12/h3-7,10-11H,8-9H2,1-2H3,(H2,15,17,18,19). The van der Waals surface area contributed by atoms with E-state index >= 15 is 0 Å². The van der Waals surface area contributed by atoms with E-state index in [4.69, 9.17) is 0 Å². The Morgan fingerprint density at radius 2 is 1.95 bits per heavy atom. The van der Waals surface area contributed by atoms with Crippen molar-refractivity contribution < 1.29 is 0 Å². The number of nitrogens with one attached hydrogen (secondary N) is 2. The summed E-state index contributed by atoms with van der Waals surface area (Å²) in [5.74, 6) is 1.30. The fourth-order valence-electron chi connectivity index (χ4n) is 1.71. The minimum Gasteiger partial charge on any atom is -0.366 e. The first kappa shape index (κ1) is 13.3. The van der Waals surface area contributed by atoms with Crippen molar-refractivity contribution in [3.63, 3.8) is 0 Å². The van der Waals surface area contributed by atoms with Gasteiger partial charge in [0.05, 0.1) is 6.20 Å². The van der Waals surface area contributed by atoms with Gasteiger partial charge in [-0.15, -0.1) is 5.10 Å². The van der Waals surface area contributed by atoms with Crippen LogP contribution in [-0.4, -0.2) is 27.8 Å². The van der Waals surface area contributed by atoms with E-state index in [1.807, 2.05) is 18.2 Å². The lowest BCUT2D eigenvalue weighted by atomic mass is 10.1. The van der Waals surface area contributed by atoms with Crippen LogP contribution in [-0.2, 0) is 6.42 Å². The van der Waals surface area contributed by atoms with Crippen LogP contribution in [0.2, 0.25) is 0 Å². The van der Waals surface area contributed by atoms with Gasteiger partial charge in [-0.3, -0.25) is 0 Å². The first-order valence-corrected chi connectivity index (χ1v) is 6.48. The van der Waals surface area contributed by atoms with E-state index in [2.05, 4.69) is 51.8 Å². The van der Waals surface area contributed by atoms with Crippen molar-refractivity contribution in [3.05, 3.63) is 42.1 Å². The molecular formula is C14H19N5. The van der Waals surface area contributed by atoms with Gasteiger partial charge in [-0.05, 0) is 25.8 Å². The second-order valence-corrected chi connectivity index (χ2v) is 4.63. The maximum atomic E-state index is 4.35. The van der Waals surface area contributed by atoms with E-state index in [0.29, 0.717) is 12.0 Å². The number of hydrogen-bond acceptors (Lipinski definition) is 5. The second-order valence-electron chi connectivity index (χ2n) is 4.63. The molecule has 0 saturated carbocycles. The molecule has 5 nitrogen and oxygen atoms in total. The molecule has 0 unspecified atom stereocenters. The predicted molar refractivity (Wildman–Crippen MR) is 77.2 cm³/mol. The Bertz CT molecular complexity index is 498. The molecule has 0 aliphatic rings. The minimum atomic E-state index is 0.328. The molecule has 1 aromatic heterocycles. The fraction of sp³-hybridized carbons (Fsp3) is 0.357. The first-order chi connectivity index (χ1) is 9.24. The van der Waals surface area contributed by atoms with Crippen LogP contribution >= 0.6 is 0 Å². The molecule has 1 aromatic carbocycles. The van der Waals surface area contributed by atoms with Crippen molar-refractivity contribution in [2.24, 2.45) is 0 Å². The molecule has 0 fully saturated rings. The summed E-state index contributed by atoms with van der Waals surface area (Å²) in [6.45, 7) is 4.91. The Labute approximate surface area is 113 Å². The molecule has 0 aliphatic heterocycles.